The fourth-order valence-electron chi connectivity index (χ4n) is 0.241. The zero-order valence-electron chi connectivity index (χ0n) is 2.81. The van der Waals surface area contributed by atoms with E-state index < -0.39 is 0 Å². The Morgan fingerprint density at radius 2 is 2.80 bits per heavy atom. The molecule has 0 aromatic rings. The largest absolute Gasteiger partial charge is 0.370 e. The molecule has 1 radical (unpaired) electrons. The van der Waals surface area contributed by atoms with Crippen LogP contribution >= 0.6 is 11.8 Å². The van der Waals surface area contributed by atoms with E-state index in [0.29, 0.717) is 0 Å². The summed E-state index contributed by atoms with van der Waals surface area (Å²) >= 11 is 1.73. The average Bonchev–Trinajstić information content (AvgIpc) is 1.76. The van der Waals surface area contributed by atoms with E-state index in [9.17, 15) is 0 Å². The quantitative estimate of drug-likeness (QED) is 0.435. The van der Waals surface area contributed by atoms with E-state index in [1.165, 1.54) is 0 Å². The number of rotatable bonds is 0. The summed E-state index contributed by atoms with van der Waals surface area (Å²) in [5.74, 6) is 2.92. The van der Waals surface area contributed by atoms with Gasteiger partial charge in [-0.25, -0.2) is 0 Å². The summed E-state index contributed by atoms with van der Waals surface area (Å²) < 4.78 is 4.85. The van der Waals surface area contributed by atoms with Crippen molar-refractivity contribution in [3.05, 3.63) is 5.75 Å². The minimum Gasteiger partial charge on any atom is -0.370 e. The fraction of sp³-hybridized carbons (Fsp3) is 0.667. The molecule has 0 spiro atoms. The van der Waals surface area contributed by atoms with Crippen molar-refractivity contribution < 1.29 is 4.74 Å². The second-order valence-corrected chi connectivity index (χ2v) is 1.72. The second-order valence-electron chi connectivity index (χ2n) is 0.822. The highest BCUT2D eigenvalue weighted by atomic mass is 32.2. The number of thioether (sulfide) groups is 1. The summed E-state index contributed by atoms with van der Waals surface area (Å²) in [5, 5.41) is 0. The van der Waals surface area contributed by atoms with Gasteiger partial charge in [0.2, 0.25) is 0 Å². The van der Waals surface area contributed by atoms with E-state index in [1.807, 2.05) is 0 Å². The SMILES string of the molecule is [CH]1COCS1. The maximum Gasteiger partial charge on any atom is 0.0925 e. The smallest absolute Gasteiger partial charge is 0.0925 e. The molecular formula is C3H5OS. The van der Waals surface area contributed by atoms with E-state index in [0.717, 1.165) is 12.5 Å². The summed E-state index contributed by atoms with van der Waals surface area (Å²) in [7, 11) is 0. The van der Waals surface area contributed by atoms with E-state index in [4.69, 9.17) is 4.74 Å². The van der Waals surface area contributed by atoms with Crippen molar-refractivity contribution in [3.8, 4) is 0 Å². The van der Waals surface area contributed by atoms with Crippen LogP contribution in [0, 0.1) is 5.75 Å². The lowest BCUT2D eigenvalue weighted by Gasteiger charge is -1.75. The molecule has 0 aromatic heterocycles. The summed E-state index contributed by atoms with van der Waals surface area (Å²) in [4.78, 5) is 0. The topological polar surface area (TPSA) is 9.23 Å². The first-order valence-corrected chi connectivity index (χ1v) is 2.56. The molecule has 1 saturated heterocycles. The van der Waals surface area contributed by atoms with Crippen LogP contribution in [0.25, 0.3) is 0 Å². The molecule has 0 unspecified atom stereocenters. The zero-order chi connectivity index (χ0) is 3.54. The van der Waals surface area contributed by atoms with Gasteiger partial charge in [-0.15, -0.1) is 11.8 Å². The number of hydrogen-bond donors (Lipinski definition) is 0. The molecule has 2 heteroatoms. The van der Waals surface area contributed by atoms with Crippen molar-refractivity contribution in [2.75, 3.05) is 12.5 Å². The lowest BCUT2D eigenvalue weighted by atomic mass is 10.9. The first kappa shape index (κ1) is 3.50. The minimum atomic E-state index is 0.838. The minimum absolute atomic E-state index is 0.838. The van der Waals surface area contributed by atoms with Crippen molar-refractivity contribution in [2.24, 2.45) is 0 Å². The molecule has 0 N–H and O–H groups in total. The lowest BCUT2D eigenvalue weighted by Crippen LogP contribution is -1.74. The van der Waals surface area contributed by atoms with E-state index in [-0.39, 0.29) is 0 Å². The standard InChI is InChI=1S/C3H5OS/c1-2-5-3-4-1/h2H,1,3H2. The lowest BCUT2D eigenvalue weighted by molar-refractivity contribution is 0.225. The van der Waals surface area contributed by atoms with E-state index in [2.05, 4.69) is 5.75 Å². The molecule has 0 atom stereocenters. The molecule has 1 aliphatic rings. The van der Waals surface area contributed by atoms with Crippen LogP contribution in [0.5, 0.6) is 0 Å². The molecule has 1 rings (SSSR count). The van der Waals surface area contributed by atoms with Crippen LogP contribution in [-0.4, -0.2) is 12.5 Å². The van der Waals surface area contributed by atoms with Gasteiger partial charge in [-0.2, -0.15) is 0 Å². The first-order valence-electron chi connectivity index (χ1n) is 1.51. The molecule has 1 aliphatic heterocycles. The van der Waals surface area contributed by atoms with Crippen LogP contribution in [-0.2, 0) is 4.74 Å². The van der Waals surface area contributed by atoms with Gasteiger partial charge < -0.3 is 4.74 Å². The van der Waals surface area contributed by atoms with Gasteiger partial charge in [0.1, 0.15) is 0 Å². The maximum atomic E-state index is 4.85. The van der Waals surface area contributed by atoms with Gasteiger partial charge in [0.15, 0.2) is 0 Å². The molecule has 1 heterocycles. The second kappa shape index (κ2) is 1.67. The molecule has 0 bridgehead atoms. The van der Waals surface area contributed by atoms with Gasteiger partial charge in [0.25, 0.3) is 0 Å². The number of ether oxygens (including phenoxy) is 1. The van der Waals surface area contributed by atoms with Crippen LogP contribution < -0.4 is 0 Å². The van der Waals surface area contributed by atoms with Crippen LogP contribution in [0.1, 0.15) is 0 Å². The van der Waals surface area contributed by atoms with Crippen molar-refractivity contribution >= 4 is 11.8 Å². The predicted octanol–water partition coefficient (Wildman–Crippen LogP) is 0.869. The molecule has 0 aliphatic carbocycles. The molecule has 1 nitrogen and oxygen atoms in total. The van der Waals surface area contributed by atoms with Crippen LogP contribution in [0.4, 0.5) is 0 Å². The van der Waals surface area contributed by atoms with E-state index >= 15 is 0 Å². The van der Waals surface area contributed by atoms with Gasteiger partial charge in [0, 0.05) is 5.75 Å². The Morgan fingerprint density at radius 1 is 1.80 bits per heavy atom. The third-order valence-electron chi connectivity index (χ3n) is 0.455. The maximum absolute atomic E-state index is 4.85. The summed E-state index contributed by atoms with van der Waals surface area (Å²) in [6, 6.07) is 0. The van der Waals surface area contributed by atoms with Crippen LogP contribution in [0.15, 0.2) is 0 Å². The van der Waals surface area contributed by atoms with Gasteiger partial charge in [-0.05, 0) is 0 Å². The normalized spacial score (nSPS) is 24.0. The Bertz CT molecular complexity index is 18.5. The predicted molar refractivity (Wildman–Crippen MR) is 22.7 cm³/mol. The highest BCUT2D eigenvalue weighted by molar-refractivity contribution is 8.01. The van der Waals surface area contributed by atoms with Gasteiger partial charge in [-0.3, -0.25) is 0 Å². The average molecular weight is 89.1 g/mol. The third kappa shape index (κ3) is 0.816. The Kier molecular flexibility index (Phi) is 1.17. The van der Waals surface area contributed by atoms with Crippen molar-refractivity contribution in [1.29, 1.82) is 0 Å². The molecule has 0 saturated carbocycles. The Hall–Kier alpha value is 0.310. The highest BCUT2D eigenvalue weighted by Crippen LogP contribution is 2.12. The van der Waals surface area contributed by atoms with Crippen LogP contribution in [0.2, 0.25) is 0 Å². The summed E-state index contributed by atoms with van der Waals surface area (Å²) in [6.45, 7) is 0.838. The van der Waals surface area contributed by atoms with Crippen molar-refractivity contribution in [2.45, 2.75) is 0 Å². The van der Waals surface area contributed by atoms with Crippen molar-refractivity contribution in [1.82, 2.24) is 0 Å². The molecule has 1 fully saturated rings. The van der Waals surface area contributed by atoms with Crippen molar-refractivity contribution in [3.63, 3.8) is 0 Å². The molecule has 5 heavy (non-hydrogen) atoms. The summed E-state index contributed by atoms with van der Waals surface area (Å²) in [5.41, 5.74) is 0. The number of hydrogen-bond acceptors (Lipinski definition) is 2. The van der Waals surface area contributed by atoms with Gasteiger partial charge in [-0.1, -0.05) is 0 Å². The Labute approximate surface area is 35.7 Å². The van der Waals surface area contributed by atoms with E-state index in [1.54, 1.807) is 11.8 Å². The zero-order valence-corrected chi connectivity index (χ0v) is 3.62. The van der Waals surface area contributed by atoms with Gasteiger partial charge in [0.05, 0.1) is 12.5 Å². The Balaban J connectivity index is 2.08. The first-order chi connectivity index (χ1) is 2.50. The van der Waals surface area contributed by atoms with Crippen LogP contribution in [0.3, 0.4) is 0 Å². The third-order valence-corrected chi connectivity index (χ3v) is 1.13. The monoisotopic (exact) mass is 89.0 g/mol. The summed E-state index contributed by atoms with van der Waals surface area (Å²) in [6.07, 6.45) is 0. The highest BCUT2D eigenvalue weighted by Gasteiger charge is 1.95. The Morgan fingerprint density at radius 3 is 3.00 bits per heavy atom. The molecular weight excluding hydrogens is 84.1 g/mol. The fourth-order valence-corrected chi connectivity index (χ4v) is 0.722. The van der Waals surface area contributed by atoms with Gasteiger partial charge >= 0.3 is 0 Å². The molecule has 0 aromatic carbocycles. The molecule has 29 valence electrons. The molecule has 0 amide bonds.